The molecule has 2 aliphatic rings. The molecule has 0 radical (unpaired) electrons. The van der Waals surface area contributed by atoms with Crippen molar-refractivity contribution in [3.05, 3.63) is 59.7 Å². The zero-order valence-electron chi connectivity index (χ0n) is 19.6. The van der Waals surface area contributed by atoms with Crippen LogP contribution in [0.15, 0.2) is 57.6 Å². The molecule has 2 aromatic heterocycles. The van der Waals surface area contributed by atoms with E-state index in [0.717, 1.165) is 25.9 Å². The minimum absolute atomic E-state index is 0.0554. The average Bonchev–Trinajstić information content (AvgIpc) is 3.58. The van der Waals surface area contributed by atoms with Gasteiger partial charge in [-0.15, -0.1) is 0 Å². The third-order valence-electron chi connectivity index (χ3n) is 6.87. The van der Waals surface area contributed by atoms with Gasteiger partial charge < -0.3 is 18.9 Å². The normalized spacial score (nSPS) is 20.4. The fraction of sp³-hybridized carbons (Fsp3) is 0.346. The molecule has 1 N–H and O–H groups in total. The van der Waals surface area contributed by atoms with Crippen LogP contribution in [0.1, 0.15) is 36.5 Å². The number of hydrogen-bond acceptors (Lipinski definition) is 8. The van der Waals surface area contributed by atoms with Crippen LogP contribution in [-0.4, -0.2) is 51.0 Å². The number of ether oxygens (including phenoxy) is 1. The number of halogens is 3. The minimum atomic E-state index is -4.77. The van der Waals surface area contributed by atoms with Gasteiger partial charge in [0.25, 0.3) is 5.89 Å². The first-order valence-electron chi connectivity index (χ1n) is 12.1. The maximum Gasteiger partial charge on any atom is 0.422 e. The van der Waals surface area contributed by atoms with Crippen molar-refractivity contribution in [3.63, 3.8) is 0 Å². The van der Waals surface area contributed by atoms with Crippen molar-refractivity contribution in [2.75, 3.05) is 19.7 Å². The lowest BCUT2D eigenvalue weighted by Gasteiger charge is -2.40. The number of nitrogens with zero attached hydrogens (tertiary/aromatic N) is 4. The molecule has 0 amide bonds. The Morgan fingerprint density at radius 2 is 1.70 bits per heavy atom. The van der Waals surface area contributed by atoms with Gasteiger partial charge in [0.2, 0.25) is 11.6 Å². The van der Waals surface area contributed by atoms with Gasteiger partial charge in [-0.25, -0.2) is 0 Å². The van der Waals surface area contributed by atoms with E-state index in [4.69, 9.17) is 13.8 Å². The lowest BCUT2D eigenvalue weighted by Crippen LogP contribution is -2.48. The molecule has 6 rings (SSSR count). The van der Waals surface area contributed by atoms with Crippen molar-refractivity contribution >= 4 is 0 Å². The maximum absolute atomic E-state index is 14.0. The highest BCUT2D eigenvalue weighted by molar-refractivity contribution is 5.71. The number of aliphatic hydroxyl groups excluding tert-OH is 1. The van der Waals surface area contributed by atoms with E-state index in [2.05, 4.69) is 20.2 Å². The number of rotatable bonds is 4. The molecule has 1 fully saturated rings. The van der Waals surface area contributed by atoms with E-state index < -0.39 is 29.5 Å². The highest BCUT2D eigenvalue weighted by atomic mass is 19.4. The molecular weight excluding hydrogens is 489 g/mol. The van der Waals surface area contributed by atoms with Crippen LogP contribution in [0.3, 0.4) is 0 Å². The summed E-state index contributed by atoms with van der Waals surface area (Å²) in [6, 6.07) is 12.9. The molecule has 0 aliphatic carbocycles. The molecule has 1 saturated heterocycles. The predicted octanol–water partition coefficient (Wildman–Crippen LogP) is 5.36. The van der Waals surface area contributed by atoms with Crippen LogP contribution in [0.2, 0.25) is 0 Å². The third kappa shape index (κ3) is 4.38. The molecule has 2 unspecified atom stereocenters. The van der Waals surface area contributed by atoms with E-state index >= 15 is 0 Å². The molecule has 2 atom stereocenters. The predicted molar refractivity (Wildman–Crippen MR) is 125 cm³/mol. The van der Waals surface area contributed by atoms with Gasteiger partial charge in [-0.3, -0.25) is 4.90 Å². The second kappa shape index (κ2) is 9.31. The summed E-state index contributed by atoms with van der Waals surface area (Å²) in [6.07, 6.45) is -2.09. The van der Waals surface area contributed by atoms with Gasteiger partial charge in [0.15, 0.2) is 0 Å². The summed E-state index contributed by atoms with van der Waals surface area (Å²) >= 11 is 0. The first-order valence-corrected chi connectivity index (χ1v) is 12.1. The Labute approximate surface area is 209 Å². The summed E-state index contributed by atoms with van der Waals surface area (Å²) < 4.78 is 58.2. The SMILES string of the molecule is OC1c2ccc(-c3noc(-c4onc(-c5ccccc5)c4C(F)(F)F)n3)cc2OCC1N1CCCCC1. The smallest absolute Gasteiger partial charge is 0.422 e. The number of fused-ring (bicyclic) bond motifs is 1. The van der Waals surface area contributed by atoms with Crippen molar-refractivity contribution in [3.8, 4) is 40.0 Å². The first kappa shape index (κ1) is 23.7. The Balaban J connectivity index is 1.30. The van der Waals surface area contributed by atoms with Gasteiger partial charge in [0, 0.05) is 16.7 Å². The van der Waals surface area contributed by atoms with Crippen molar-refractivity contribution < 1.29 is 32.1 Å². The molecule has 0 spiro atoms. The van der Waals surface area contributed by atoms with E-state index in [-0.39, 0.29) is 23.1 Å². The van der Waals surface area contributed by atoms with Gasteiger partial charge in [0.1, 0.15) is 29.7 Å². The molecule has 192 valence electrons. The Kier molecular flexibility index (Phi) is 5.96. The maximum atomic E-state index is 14.0. The van der Waals surface area contributed by atoms with Gasteiger partial charge in [-0.1, -0.05) is 59.2 Å². The number of alkyl halides is 3. The van der Waals surface area contributed by atoms with Crippen LogP contribution in [-0.2, 0) is 6.18 Å². The summed E-state index contributed by atoms with van der Waals surface area (Å²) in [5.74, 6) is -0.564. The van der Waals surface area contributed by atoms with E-state index in [1.54, 1.807) is 36.4 Å². The number of piperidine rings is 1. The van der Waals surface area contributed by atoms with Crippen LogP contribution in [0, 0.1) is 0 Å². The van der Waals surface area contributed by atoms with E-state index in [9.17, 15) is 18.3 Å². The zero-order chi connectivity index (χ0) is 25.6. The van der Waals surface area contributed by atoms with Gasteiger partial charge in [0.05, 0.1) is 6.04 Å². The van der Waals surface area contributed by atoms with Crippen molar-refractivity contribution in [1.82, 2.24) is 20.2 Å². The molecule has 4 heterocycles. The molecule has 4 aromatic rings. The fourth-order valence-electron chi connectivity index (χ4n) is 5.00. The molecule has 11 heteroatoms. The molecule has 37 heavy (non-hydrogen) atoms. The Hall–Kier alpha value is -3.70. The molecular formula is C26H23F3N4O4. The Bertz CT molecular complexity index is 1400. The second-order valence-electron chi connectivity index (χ2n) is 9.19. The summed E-state index contributed by atoms with van der Waals surface area (Å²) in [7, 11) is 0. The quantitative estimate of drug-likeness (QED) is 0.391. The second-order valence-corrected chi connectivity index (χ2v) is 9.19. The molecule has 8 nitrogen and oxygen atoms in total. The average molecular weight is 512 g/mol. The standard InChI is InChI=1S/C26H23F3N4O4/c27-26(28,29)20-21(15-7-3-1-4-8-15)31-36-23(20)25-30-24(32-37-25)16-9-10-17-19(13-16)35-14-18(22(17)34)33-11-5-2-6-12-33/h1,3-4,7-10,13,18,22,34H,2,5-6,11-12,14H2. The van der Waals surface area contributed by atoms with E-state index in [1.807, 2.05) is 0 Å². The monoisotopic (exact) mass is 512 g/mol. The van der Waals surface area contributed by atoms with Crippen molar-refractivity contribution in [1.29, 1.82) is 0 Å². The Morgan fingerprint density at radius 3 is 2.46 bits per heavy atom. The number of hydrogen-bond donors (Lipinski definition) is 1. The fourth-order valence-corrected chi connectivity index (χ4v) is 5.00. The number of aliphatic hydroxyl groups is 1. The third-order valence-corrected chi connectivity index (χ3v) is 6.87. The topological polar surface area (TPSA) is 97.7 Å². The summed E-state index contributed by atoms with van der Waals surface area (Å²) in [6.45, 7) is 2.19. The van der Waals surface area contributed by atoms with Gasteiger partial charge >= 0.3 is 6.18 Å². The van der Waals surface area contributed by atoms with Crippen LogP contribution >= 0.6 is 0 Å². The lowest BCUT2D eigenvalue weighted by atomic mass is 9.95. The number of likely N-dealkylation sites (tertiary alicyclic amines) is 1. The molecule has 0 bridgehead atoms. The zero-order valence-corrected chi connectivity index (χ0v) is 19.6. The van der Waals surface area contributed by atoms with E-state index in [1.165, 1.54) is 18.6 Å². The van der Waals surface area contributed by atoms with Crippen LogP contribution in [0.4, 0.5) is 13.2 Å². The lowest BCUT2D eigenvalue weighted by molar-refractivity contribution is -0.136. The number of benzene rings is 2. The van der Waals surface area contributed by atoms with Crippen molar-refractivity contribution in [2.45, 2.75) is 37.6 Å². The number of aromatic nitrogens is 3. The van der Waals surface area contributed by atoms with Crippen LogP contribution < -0.4 is 4.74 Å². The highest BCUT2D eigenvalue weighted by Crippen LogP contribution is 2.43. The molecule has 2 aromatic carbocycles. The first-order chi connectivity index (χ1) is 17.9. The molecule has 0 saturated carbocycles. The molecule has 2 aliphatic heterocycles. The van der Waals surface area contributed by atoms with Crippen LogP contribution in [0.25, 0.3) is 34.3 Å². The van der Waals surface area contributed by atoms with Gasteiger partial charge in [-0.05, 0) is 32.0 Å². The Morgan fingerprint density at radius 1 is 0.919 bits per heavy atom. The van der Waals surface area contributed by atoms with Gasteiger partial charge in [-0.2, -0.15) is 18.2 Å². The minimum Gasteiger partial charge on any atom is -0.491 e. The van der Waals surface area contributed by atoms with Crippen molar-refractivity contribution in [2.24, 2.45) is 0 Å². The highest BCUT2D eigenvalue weighted by Gasteiger charge is 2.43. The summed E-state index contributed by atoms with van der Waals surface area (Å²) in [5.41, 5.74) is -0.0836. The van der Waals surface area contributed by atoms with Crippen LogP contribution in [0.5, 0.6) is 5.75 Å². The van der Waals surface area contributed by atoms with E-state index in [0.29, 0.717) is 23.5 Å². The summed E-state index contributed by atoms with van der Waals surface area (Å²) in [4.78, 5) is 6.41. The largest absolute Gasteiger partial charge is 0.491 e. The summed E-state index contributed by atoms with van der Waals surface area (Å²) in [5, 5.41) is 18.5.